The second-order valence-corrected chi connectivity index (χ2v) is 18.4. The van der Waals surface area contributed by atoms with Crippen LogP contribution in [-0.4, -0.2) is 18.0 Å². The molecule has 8 aromatic rings. The van der Waals surface area contributed by atoms with E-state index in [4.69, 9.17) is 14.4 Å². The van der Waals surface area contributed by atoms with Gasteiger partial charge >= 0.3 is 0 Å². The number of rotatable bonds is 6. The van der Waals surface area contributed by atoms with Gasteiger partial charge in [0, 0.05) is 43.4 Å². The fraction of sp³-hybridized carbons (Fsp3) is 0.111. The smallest absolute Gasteiger partial charge is 0.120 e. The Labute approximate surface area is 309 Å². The minimum atomic E-state index is -1.43. The van der Waals surface area contributed by atoms with Crippen LogP contribution in [0.4, 0.5) is 0 Å². The maximum atomic E-state index is 5.89. The molecule has 0 aliphatic heterocycles. The standard InChI is InChI=1S/C24H16NO.C21H22NSi.Ir/c1-16-13-22(25-15-21(16)17-7-3-2-4-8-17)18-11-12-24-20(14-18)19-9-5-6-10-23(19)26-24;1-23(2,3)21-16-22-20(18-12-8-5-9-13-18)15-19(21)14-17-10-6-4-7-11-17;/h2-10,12-15H,1H3;4-12,15-16H,14H2,1-3H3;/q2*-1;. The zero-order chi connectivity index (χ0) is 33.8. The Balaban J connectivity index is 0.000000171. The van der Waals surface area contributed by atoms with Gasteiger partial charge in [0.15, 0.2) is 0 Å². The number of aryl methyl sites for hydroxylation is 1. The molecule has 0 saturated heterocycles. The number of hydrogen-bond acceptors (Lipinski definition) is 3. The predicted octanol–water partition coefficient (Wildman–Crippen LogP) is 11.1. The Morgan fingerprint density at radius 1 is 0.640 bits per heavy atom. The molecule has 0 amide bonds. The van der Waals surface area contributed by atoms with Crippen LogP contribution in [0.1, 0.15) is 16.7 Å². The van der Waals surface area contributed by atoms with Gasteiger partial charge < -0.3 is 14.4 Å². The van der Waals surface area contributed by atoms with Crippen molar-refractivity contribution in [3.8, 4) is 33.6 Å². The fourth-order valence-corrected chi connectivity index (χ4v) is 7.85. The molecule has 0 unspecified atom stereocenters. The summed E-state index contributed by atoms with van der Waals surface area (Å²) in [5.74, 6) is 0. The Hall–Kier alpha value is -4.93. The molecule has 5 aromatic carbocycles. The van der Waals surface area contributed by atoms with E-state index in [9.17, 15) is 0 Å². The van der Waals surface area contributed by atoms with Gasteiger partial charge in [0.25, 0.3) is 0 Å². The van der Waals surface area contributed by atoms with Crippen LogP contribution in [-0.2, 0) is 26.5 Å². The Kier molecular flexibility index (Phi) is 10.7. The van der Waals surface area contributed by atoms with Gasteiger partial charge in [-0.15, -0.1) is 59.7 Å². The van der Waals surface area contributed by atoms with Crippen molar-refractivity contribution in [3.63, 3.8) is 0 Å². The van der Waals surface area contributed by atoms with Crippen molar-refractivity contribution in [2.75, 3.05) is 0 Å². The fourth-order valence-electron chi connectivity index (χ4n) is 6.28. The number of aromatic nitrogens is 2. The zero-order valence-electron chi connectivity index (χ0n) is 28.7. The number of benzene rings is 5. The maximum absolute atomic E-state index is 5.89. The summed E-state index contributed by atoms with van der Waals surface area (Å²) < 4.78 is 5.89. The Morgan fingerprint density at radius 3 is 2.04 bits per heavy atom. The maximum Gasteiger partial charge on any atom is 0.120 e. The van der Waals surface area contributed by atoms with Gasteiger partial charge in [-0.1, -0.05) is 122 Å². The number of para-hydroxylation sites is 1. The summed E-state index contributed by atoms with van der Waals surface area (Å²) in [5, 5.41) is 3.66. The van der Waals surface area contributed by atoms with Crippen molar-refractivity contribution in [3.05, 3.63) is 175 Å². The summed E-state index contributed by atoms with van der Waals surface area (Å²) in [4.78, 5) is 9.42. The molecule has 0 atom stereocenters. The van der Waals surface area contributed by atoms with E-state index in [2.05, 4.69) is 130 Å². The van der Waals surface area contributed by atoms with Crippen molar-refractivity contribution in [2.24, 2.45) is 0 Å². The zero-order valence-corrected chi connectivity index (χ0v) is 32.1. The van der Waals surface area contributed by atoms with Gasteiger partial charge in [-0.3, -0.25) is 0 Å². The minimum absolute atomic E-state index is 0. The first-order valence-corrected chi connectivity index (χ1v) is 20.2. The molecular weight excluding hydrogens is 805 g/mol. The van der Waals surface area contributed by atoms with Gasteiger partial charge in [-0.2, -0.15) is 0 Å². The molecule has 3 heterocycles. The molecule has 1 radical (unpaired) electrons. The quantitative estimate of drug-likeness (QED) is 0.124. The second kappa shape index (κ2) is 15.3. The van der Waals surface area contributed by atoms with Crippen molar-refractivity contribution >= 4 is 35.2 Å². The molecule has 0 saturated carbocycles. The largest absolute Gasteiger partial charge is 0.500 e. The molecule has 0 spiro atoms. The number of fused-ring (bicyclic) bond motifs is 3. The Morgan fingerprint density at radius 2 is 1.32 bits per heavy atom. The van der Waals surface area contributed by atoms with E-state index in [1.807, 2.05) is 54.7 Å². The molecule has 5 heteroatoms. The molecule has 50 heavy (non-hydrogen) atoms. The third kappa shape index (κ3) is 7.77. The van der Waals surface area contributed by atoms with Crippen LogP contribution in [0.15, 0.2) is 150 Å². The average molecular weight is 843 g/mol. The van der Waals surface area contributed by atoms with E-state index in [1.54, 1.807) is 0 Å². The van der Waals surface area contributed by atoms with Gasteiger partial charge in [0.05, 0.1) is 13.7 Å². The molecule has 0 bridgehead atoms. The first-order valence-electron chi connectivity index (χ1n) is 16.7. The van der Waals surface area contributed by atoms with Crippen molar-refractivity contribution in [1.29, 1.82) is 0 Å². The third-order valence-electron chi connectivity index (χ3n) is 8.80. The summed E-state index contributed by atoms with van der Waals surface area (Å²) in [6.45, 7) is 9.27. The molecule has 3 aromatic heterocycles. The summed E-state index contributed by atoms with van der Waals surface area (Å²) in [6.07, 6.45) is 5.01. The minimum Gasteiger partial charge on any atom is -0.500 e. The topological polar surface area (TPSA) is 38.9 Å². The van der Waals surface area contributed by atoms with Gasteiger partial charge in [0.1, 0.15) is 5.58 Å². The van der Waals surface area contributed by atoms with Gasteiger partial charge in [-0.05, 0) is 52.7 Å². The summed E-state index contributed by atoms with van der Waals surface area (Å²) >= 11 is 0. The summed E-state index contributed by atoms with van der Waals surface area (Å²) in [5.41, 5.74) is 12.0. The molecule has 0 fully saturated rings. The van der Waals surface area contributed by atoms with E-state index < -0.39 is 8.07 Å². The summed E-state index contributed by atoms with van der Waals surface area (Å²) in [7, 11) is -1.43. The van der Waals surface area contributed by atoms with Crippen LogP contribution in [0.5, 0.6) is 0 Å². The molecule has 0 N–H and O–H groups in total. The monoisotopic (exact) mass is 843 g/mol. The first-order chi connectivity index (χ1) is 23.8. The molecular formula is C45H38IrN2OSi-2. The average Bonchev–Trinajstić information content (AvgIpc) is 3.51. The summed E-state index contributed by atoms with van der Waals surface area (Å²) in [6, 6.07) is 52.2. The second-order valence-electron chi connectivity index (χ2n) is 13.4. The molecule has 0 aliphatic rings. The number of pyridine rings is 2. The first kappa shape index (κ1) is 34.9. The Bertz CT molecular complexity index is 2350. The van der Waals surface area contributed by atoms with E-state index in [0.717, 1.165) is 56.4 Å². The van der Waals surface area contributed by atoms with E-state index in [-0.39, 0.29) is 20.1 Å². The number of nitrogens with zero attached hydrogens (tertiary/aromatic N) is 2. The van der Waals surface area contributed by atoms with Crippen molar-refractivity contribution < 1.29 is 24.5 Å². The van der Waals surface area contributed by atoms with Crippen LogP contribution >= 0.6 is 0 Å². The molecule has 249 valence electrons. The van der Waals surface area contributed by atoms with E-state index in [0.29, 0.717) is 0 Å². The van der Waals surface area contributed by atoms with Crippen LogP contribution in [0.2, 0.25) is 19.6 Å². The van der Waals surface area contributed by atoms with Crippen molar-refractivity contribution in [1.82, 2.24) is 9.97 Å². The number of furan rings is 1. The third-order valence-corrected chi connectivity index (χ3v) is 10.9. The van der Waals surface area contributed by atoms with E-state index in [1.165, 1.54) is 27.4 Å². The van der Waals surface area contributed by atoms with Crippen LogP contribution < -0.4 is 5.19 Å². The normalized spacial score (nSPS) is 11.1. The molecule has 8 rings (SSSR count). The van der Waals surface area contributed by atoms with Crippen LogP contribution in [0.3, 0.4) is 0 Å². The van der Waals surface area contributed by atoms with Crippen LogP contribution in [0.25, 0.3) is 55.6 Å². The molecule has 3 nitrogen and oxygen atoms in total. The van der Waals surface area contributed by atoms with E-state index >= 15 is 0 Å². The number of hydrogen-bond donors (Lipinski definition) is 0. The van der Waals surface area contributed by atoms with Gasteiger partial charge in [0.2, 0.25) is 0 Å². The van der Waals surface area contributed by atoms with Crippen molar-refractivity contribution in [2.45, 2.75) is 33.0 Å². The molecule has 0 aliphatic carbocycles. The SMILES string of the molecule is C[Si](C)(C)c1cnc(-c2[c-]cccc2)cc1Cc1ccccc1.Cc1cc(-c2[c-]cc3oc4ccccc4c3c2)ncc1-c1ccccc1.[Ir]. The van der Waals surface area contributed by atoms with Crippen LogP contribution in [0, 0.1) is 19.1 Å². The van der Waals surface area contributed by atoms with Gasteiger partial charge in [-0.25, -0.2) is 0 Å². The predicted molar refractivity (Wildman–Crippen MR) is 207 cm³/mol.